The SMILES string of the molecule is CC(C)c1ccccc1OCCN1CC(NS(=O)(=O)c2ccc(F)cc2)C1. The molecule has 0 saturated carbocycles. The lowest BCUT2D eigenvalue weighted by molar-refractivity contribution is 0.116. The van der Waals surface area contributed by atoms with E-state index in [1.54, 1.807) is 0 Å². The minimum Gasteiger partial charge on any atom is -0.492 e. The summed E-state index contributed by atoms with van der Waals surface area (Å²) in [5.41, 5.74) is 1.19. The normalized spacial score (nSPS) is 15.7. The molecule has 7 heteroatoms. The van der Waals surface area contributed by atoms with E-state index in [2.05, 4.69) is 29.5 Å². The fourth-order valence-electron chi connectivity index (χ4n) is 3.10. The molecule has 1 heterocycles. The Labute approximate surface area is 160 Å². The Bertz CT molecular complexity index is 863. The van der Waals surface area contributed by atoms with E-state index in [9.17, 15) is 12.8 Å². The van der Waals surface area contributed by atoms with E-state index in [4.69, 9.17) is 4.74 Å². The average Bonchev–Trinajstić information content (AvgIpc) is 2.60. The lowest BCUT2D eigenvalue weighted by atomic mass is 10.0. The molecular formula is C20H25FN2O3S. The van der Waals surface area contributed by atoms with Crippen LogP contribution in [0.25, 0.3) is 0 Å². The first-order valence-corrected chi connectivity index (χ1v) is 10.6. The highest BCUT2D eigenvalue weighted by molar-refractivity contribution is 7.89. The van der Waals surface area contributed by atoms with Crippen molar-refractivity contribution in [2.45, 2.75) is 30.7 Å². The van der Waals surface area contributed by atoms with E-state index in [-0.39, 0.29) is 10.9 Å². The van der Waals surface area contributed by atoms with E-state index in [0.717, 1.165) is 24.4 Å². The van der Waals surface area contributed by atoms with Crippen molar-refractivity contribution in [3.63, 3.8) is 0 Å². The first kappa shape index (κ1) is 19.8. The number of nitrogens with zero attached hydrogens (tertiary/aromatic N) is 1. The van der Waals surface area contributed by atoms with Gasteiger partial charge in [0.2, 0.25) is 10.0 Å². The van der Waals surface area contributed by atoms with Gasteiger partial charge in [-0.15, -0.1) is 0 Å². The second-order valence-corrected chi connectivity index (χ2v) is 8.79. The maximum Gasteiger partial charge on any atom is 0.240 e. The molecule has 1 aliphatic rings. The van der Waals surface area contributed by atoms with Crippen LogP contribution in [0.5, 0.6) is 5.75 Å². The van der Waals surface area contributed by atoms with Crippen molar-refractivity contribution in [3.8, 4) is 5.75 Å². The van der Waals surface area contributed by atoms with Crippen LogP contribution in [-0.4, -0.2) is 45.6 Å². The molecule has 0 aliphatic carbocycles. The minimum atomic E-state index is -3.61. The first-order valence-electron chi connectivity index (χ1n) is 9.07. The number of likely N-dealkylation sites (tertiary alicyclic amines) is 1. The van der Waals surface area contributed by atoms with E-state index >= 15 is 0 Å². The molecule has 1 fully saturated rings. The van der Waals surface area contributed by atoms with Crippen LogP contribution in [0.1, 0.15) is 25.3 Å². The largest absolute Gasteiger partial charge is 0.492 e. The Morgan fingerprint density at radius 3 is 2.48 bits per heavy atom. The molecular weight excluding hydrogens is 367 g/mol. The minimum absolute atomic E-state index is 0.0796. The van der Waals surface area contributed by atoms with Crippen LogP contribution < -0.4 is 9.46 Å². The Morgan fingerprint density at radius 2 is 1.81 bits per heavy atom. The van der Waals surface area contributed by atoms with Gasteiger partial charge in [-0.3, -0.25) is 4.90 Å². The molecule has 0 bridgehead atoms. The predicted octanol–water partition coefficient (Wildman–Crippen LogP) is 2.99. The van der Waals surface area contributed by atoms with E-state index in [1.165, 1.54) is 17.7 Å². The lowest BCUT2D eigenvalue weighted by Gasteiger charge is -2.39. The molecule has 0 spiro atoms. The molecule has 0 radical (unpaired) electrons. The van der Waals surface area contributed by atoms with Crippen molar-refractivity contribution in [2.75, 3.05) is 26.2 Å². The third kappa shape index (κ3) is 5.06. The topological polar surface area (TPSA) is 58.6 Å². The molecule has 2 aromatic carbocycles. The summed E-state index contributed by atoms with van der Waals surface area (Å²) in [6.45, 7) is 6.83. The Kier molecular flexibility index (Phi) is 6.14. The molecule has 1 saturated heterocycles. The summed E-state index contributed by atoms with van der Waals surface area (Å²) in [5.74, 6) is 0.847. The standard InChI is InChI=1S/C20H25FN2O3S/c1-15(2)19-5-3-4-6-20(19)26-12-11-23-13-17(14-23)22-27(24,25)18-9-7-16(21)8-10-18/h3-10,15,17,22H,11-14H2,1-2H3. The van der Waals surface area contributed by atoms with Crippen LogP contribution in [0, 0.1) is 5.82 Å². The van der Waals surface area contributed by atoms with Crippen molar-refractivity contribution in [2.24, 2.45) is 0 Å². The summed E-state index contributed by atoms with van der Waals surface area (Å²) in [7, 11) is -3.61. The molecule has 1 aliphatic heterocycles. The molecule has 2 aromatic rings. The van der Waals surface area contributed by atoms with Crippen molar-refractivity contribution in [3.05, 3.63) is 59.9 Å². The molecule has 0 amide bonds. The van der Waals surface area contributed by atoms with Gasteiger partial charge in [0.05, 0.1) is 4.90 Å². The summed E-state index contributed by atoms with van der Waals surface area (Å²) in [6, 6.07) is 12.7. The van der Waals surface area contributed by atoms with Crippen LogP contribution >= 0.6 is 0 Å². The molecule has 27 heavy (non-hydrogen) atoms. The van der Waals surface area contributed by atoms with Crippen LogP contribution in [-0.2, 0) is 10.0 Å². The van der Waals surface area contributed by atoms with Gasteiger partial charge in [-0.25, -0.2) is 17.5 Å². The molecule has 0 aromatic heterocycles. The van der Waals surface area contributed by atoms with Gasteiger partial charge >= 0.3 is 0 Å². The third-order valence-electron chi connectivity index (χ3n) is 4.61. The highest BCUT2D eigenvalue weighted by Crippen LogP contribution is 2.25. The fourth-order valence-corrected chi connectivity index (χ4v) is 4.32. The Morgan fingerprint density at radius 1 is 1.15 bits per heavy atom. The molecule has 0 unspecified atom stereocenters. The Hall–Kier alpha value is -1.96. The maximum atomic E-state index is 12.9. The molecule has 0 atom stereocenters. The smallest absolute Gasteiger partial charge is 0.240 e. The summed E-state index contributed by atoms with van der Waals surface area (Å²) in [6.07, 6.45) is 0. The summed E-state index contributed by atoms with van der Waals surface area (Å²) >= 11 is 0. The second kappa shape index (κ2) is 8.37. The van der Waals surface area contributed by atoms with Gasteiger partial charge in [0.15, 0.2) is 0 Å². The number of benzene rings is 2. The van der Waals surface area contributed by atoms with Gasteiger partial charge < -0.3 is 4.74 Å². The fraction of sp³-hybridized carbons (Fsp3) is 0.400. The average molecular weight is 392 g/mol. The zero-order valence-electron chi connectivity index (χ0n) is 15.6. The van der Waals surface area contributed by atoms with E-state index in [0.29, 0.717) is 25.6 Å². The van der Waals surface area contributed by atoms with E-state index in [1.807, 2.05) is 18.2 Å². The van der Waals surface area contributed by atoms with Crippen molar-refractivity contribution < 1.29 is 17.5 Å². The lowest BCUT2D eigenvalue weighted by Crippen LogP contribution is -2.59. The Balaban J connectivity index is 1.43. The van der Waals surface area contributed by atoms with Crippen LogP contribution in [0.2, 0.25) is 0 Å². The number of halogens is 1. The number of sulfonamides is 1. The van der Waals surface area contributed by atoms with Gasteiger partial charge in [-0.1, -0.05) is 32.0 Å². The van der Waals surface area contributed by atoms with E-state index < -0.39 is 15.8 Å². The number of para-hydroxylation sites is 1. The molecule has 5 nitrogen and oxygen atoms in total. The number of nitrogens with one attached hydrogen (secondary N) is 1. The quantitative estimate of drug-likeness (QED) is 0.750. The molecule has 146 valence electrons. The van der Waals surface area contributed by atoms with Gasteiger partial charge in [0, 0.05) is 25.7 Å². The van der Waals surface area contributed by atoms with Gasteiger partial charge in [-0.05, 0) is 41.8 Å². The zero-order valence-corrected chi connectivity index (χ0v) is 16.4. The van der Waals surface area contributed by atoms with Crippen molar-refractivity contribution >= 4 is 10.0 Å². The number of hydrogen-bond donors (Lipinski definition) is 1. The monoisotopic (exact) mass is 392 g/mol. The summed E-state index contributed by atoms with van der Waals surface area (Å²) in [5, 5.41) is 0. The zero-order chi connectivity index (χ0) is 19.4. The van der Waals surface area contributed by atoms with Gasteiger partial charge in [0.25, 0.3) is 0 Å². The predicted molar refractivity (Wildman–Crippen MR) is 103 cm³/mol. The van der Waals surface area contributed by atoms with Crippen LogP contribution in [0.4, 0.5) is 4.39 Å². The van der Waals surface area contributed by atoms with Crippen LogP contribution in [0.3, 0.4) is 0 Å². The third-order valence-corrected chi connectivity index (χ3v) is 6.15. The van der Waals surface area contributed by atoms with Crippen molar-refractivity contribution in [1.29, 1.82) is 0 Å². The van der Waals surface area contributed by atoms with Crippen LogP contribution in [0.15, 0.2) is 53.4 Å². The maximum absolute atomic E-state index is 12.9. The highest BCUT2D eigenvalue weighted by atomic mass is 32.2. The van der Waals surface area contributed by atoms with Gasteiger partial charge in [-0.2, -0.15) is 0 Å². The van der Waals surface area contributed by atoms with Gasteiger partial charge in [0.1, 0.15) is 18.2 Å². The first-order chi connectivity index (χ1) is 12.8. The molecule has 3 rings (SSSR count). The molecule has 1 N–H and O–H groups in total. The summed E-state index contributed by atoms with van der Waals surface area (Å²) < 4.78 is 46.1. The number of rotatable bonds is 8. The number of hydrogen-bond acceptors (Lipinski definition) is 4. The van der Waals surface area contributed by atoms with Crippen molar-refractivity contribution in [1.82, 2.24) is 9.62 Å². The second-order valence-electron chi connectivity index (χ2n) is 7.07. The summed E-state index contributed by atoms with van der Waals surface area (Å²) in [4.78, 5) is 2.21. The highest BCUT2D eigenvalue weighted by Gasteiger charge is 2.30. The number of ether oxygens (including phenoxy) is 1.